The fraction of sp³-hybridized carbons (Fsp3) is 0.261. The lowest BCUT2D eigenvalue weighted by Gasteiger charge is -2.14. The molecule has 3 aromatic heterocycles. The normalized spacial score (nSPS) is 16.2. The minimum atomic E-state index is -0.0381. The van der Waals surface area contributed by atoms with Gasteiger partial charge < -0.3 is 14.0 Å². The number of fused-ring (bicyclic) bond motifs is 1. The summed E-state index contributed by atoms with van der Waals surface area (Å²) in [6.07, 6.45) is 4.60. The van der Waals surface area contributed by atoms with Gasteiger partial charge in [-0.2, -0.15) is 5.10 Å². The Morgan fingerprint density at radius 1 is 1.29 bits per heavy atom. The van der Waals surface area contributed by atoms with Crippen LogP contribution in [0.25, 0.3) is 5.65 Å². The quantitative estimate of drug-likeness (QED) is 0.509. The maximum absolute atomic E-state index is 13.0. The van der Waals surface area contributed by atoms with Gasteiger partial charge in [0.2, 0.25) is 0 Å². The van der Waals surface area contributed by atoms with E-state index < -0.39 is 0 Å². The molecule has 0 spiro atoms. The van der Waals surface area contributed by atoms with E-state index in [9.17, 15) is 4.79 Å². The first-order valence-corrected chi connectivity index (χ1v) is 10.6. The van der Waals surface area contributed by atoms with Crippen molar-refractivity contribution in [3.05, 3.63) is 82.5 Å². The van der Waals surface area contributed by atoms with Gasteiger partial charge in [-0.05, 0) is 55.3 Å². The number of imidazole rings is 1. The average molecular weight is 436 g/mol. The topological polar surface area (TPSA) is 75.5 Å². The summed E-state index contributed by atoms with van der Waals surface area (Å²) >= 11 is 5.99. The highest BCUT2D eigenvalue weighted by Gasteiger charge is 2.30. The second-order valence-electron chi connectivity index (χ2n) is 7.90. The highest BCUT2D eigenvalue weighted by Crippen LogP contribution is 2.28. The Balaban J connectivity index is 1.22. The molecular formula is C23H22ClN5O2. The monoisotopic (exact) mass is 435 g/mol. The number of H-pyrrole nitrogens is 1. The second-order valence-corrected chi connectivity index (χ2v) is 8.33. The lowest BCUT2D eigenvalue weighted by molar-refractivity contribution is 0.0785. The lowest BCUT2D eigenvalue weighted by Crippen LogP contribution is -2.28. The zero-order valence-corrected chi connectivity index (χ0v) is 17.8. The average Bonchev–Trinajstić information content (AvgIpc) is 3.50. The van der Waals surface area contributed by atoms with Crippen LogP contribution in [0.2, 0.25) is 5.02 Å². The molecule has 158 valence electrons. The summed E-state index contributed by atoms with van der Waals surface area (Å²) in [4.78, 5) is 19.3. The van der Waals surface area contributed by atoms with Crippen molar-refractivity contribution in [1.29, 1.82) is 0 Å². The standard InChI is InChI=1S/C23H22ClN5O2/c1-15-5-7-28-13-21(25-22(28)9-15)23(30)29-8-6-16(12-29)20-11-18(26-27-20)14-31-19-4-2-3-17(24)10-19/h2-5,7,9-11,13,16H,6,8,12,14H2,1H3,(H,26,27)/t16-/m0/s1. The molecule has 1 N–H and O–H groups in total. The zero-order valence-electron chi connectivity index (χ0n) is 17.1. The van der Waals surface area contributed by atoms with E-state index >= 15 is 0 Å². The number of rotatable bonds is 5. The lowest BCUT2D eigenvalue weighted by atomic mass is 10.1. The summed E-state index contributed by atoms with van der Waals surface area (Å²) in [5.74, 6) is 0.868. The molecular weight excluding hydrogens is 414 g/mol. The second kappa shape index (κ2) is 8.07. The van der Waals surface area contributed by atoms with Gasteiger partial charge in [0.25, 0.3) is 5.91 Å². The number of nitrogens with one attached hydrogen (secondary N) is 1. The van der Waals surface area contributed by atoms with Gasteiger partial charge in [0.15, 0.2) is 0 Å². The van der Waals surface area contributed by atoms with Crippen LogP contribution in [0.5, 0.6) is 5.75 Å². The minimum absolute atomic E-state index is 0.0381. The number of hydrogen-bond donors (Lipinski definition) is 1. The number of nitrogens with zero attached hydrogens (tertiary/aromatic N) is 4. The van der Waals surface area contributed by atoms with Crippen LogP contribution in [0.1, 0.15) is 39.8 Å². The van der Waals surface area contributed by atoms with Gasteiger partial charge in [0.05, 0.1) is 11.4 Å². The third kappa shape index (κ3) is 4.14. The molecule has 1 atom stereocenters. The maximum Gasteiger partial charge on any atom is 0.274 e. The van der Waals surface area contributed by atoms with Crippen LogP contribution < -0.4 is 4.74 Å². The molecule has 4 aromatic rings. The molecule has 1 aromatic carbocycles. The van der Waals surface area contributed by atoms with Crippen LogP contribution in [0.3, 0.4) is 0 Å². The van der Waals surface area contributed by atoms with Crippen molar-refractivity contribution in [3.63, 3.8) is 0 Å². The summed E-state index contributed by atoms with van der Waals surface area (Å²) in [7, 11) is 0. The van der Waals surface area contributed by atoms with E-state index in [4.69, 9.17) is 16.3 Å². The van der Waals surface area contributed by atoms with Crippen molar-refractivity contribution in [2.45, 2.75) is 25.9 Å². The molecule has 1 aliphatic heterocycles. The van der Waals surface area contributed by atoms with Gasteiger partial charge in [-0.3, -0.25) is 9.89 Å². The number of amides is 1. The van der Waals surface area contributed by atoms with Crippen molar-refractivity contribution in [2.75, 3.05) is 13.1 Å². The van der Waals surface area contributed by atoms with Gasteiger partial charge in [0, 0.05) is 36.4 Å². The van der Waals surface area contributed by atoms with Crippen LogP contribution >= 0.6 is 11.6 Å². The Hall–Kier alpha value is -3.32. The Morgan fingerprint density at radius 2 is 2.19 bits per heavy atom. The number of carbonyl (C=O) groups is 1. The number of ether oxygens (including phenoxy) is 1. The molecule has 1 amide bonds. The van der Waals surface area contributed by atoms with Gasteiger partial charge >= 0.3 is 0 Å². The Bertz CT molecular complexity index is 1250. The molecule has 0 aliphatic carbocycles. The van der Waals surface area contributed by atoms with Crippen molar-refractivity contribution in [3.8, 4) is 5.75 Å². The number of benzene rings is 1. The van der Waals surface area contributed by atoms with Gasteiger partial charge in [0.1, 0.15) is 23.7 Å². The highest BCUT2D eigenvalue weighted by molar-refractivity contribution is 6.30. The van der Waals surface area contributed by atoms with E-state index in [1.807, 2.05) is 58.8 Å². The van der Waals surface area contributed by atoms with Crippen LogP contribution in [0.4, 0.5) is 0 Å². The van der Waals surface area contributed by atoms with Gasteiger partial charge in [-0.1, -0.05) is 17.7 Å². The number of carbonyl (C=O) groups excluding carboxylic acids is 1. The number of halogens is 1. The Kier molecular flexibility index (Phi) is 5.11. The minimum Gasteiger partial charge on any atom is -0.487 e. The molecule has 0 radical (unpaired) electrons. The molecule has 0 bridgehead atoms. The summed E-state index contributed by atoms with van der Waals surface area (Å²) in [5.41, 5.74) is 4.22. The SMILES string of the molecule is Cc1ccn2cc(C(=O)N3CC[C@H](c4cc(COc5cccc(Cl)c5)[nH]n4)C3)nc2c1. The van der Waals surface area contributed by atoms with Gasteiger partial charge in [-0.25, -0.2) is 4.98 Å². The molecule has 1 saturated heterocycles. The summed E-state index contributed by atoms with van der Waals surface area (Å²) in [6.45, 7) is 3.71. The third-order valence-electron chi connectivity index (χ3n) is 5.57. The summed E-state index contributed by atoms with van der Waals surface area (Å²) < 4.78 is 7.66. The first-order chi connectivity index (χ1) is 15.0. The van der Waals surface area contributed by atoms with Crippen molar-refractivity contribution in [2.24, 2.45) is 0 Å². The molecule has 5 rings (SSSR count). The van der Waals surface area contributed by atoms with E-state index in [2.05, 4.69) is 15.2 Å². The van der Waals surface area contributed by atoms with Crippen LogP contribution in [0, 0.1) is 6.92 Å². The molecule has 7 nitrogen and oxygen atoms in total. The van der Waals surface area contributed by atoms with E-state index in [1.54, 1.807) is 12.3 Å². The van der Waals surface area contributed by atoms with Crippen molar-refractivity contribution >= 4 is 23.2 Å². The highest BCUT2D eigenvalue weighted by atomic mass is 35.5. The van der Waals surface area contributed by atoms with E-state index in [0.717, 1.165) is 29.0 Å². The number of pyridine rings is 1. The Labute approximate surface area is 184 Å². The van der Waals surface area contributed by atoms with E-state index in [1.165, 1.54) is 0 Å². The fourth-order valence-corrected chi connectivity index (χ4v) is 4.10. The zero-order chi connectivity index (χ0) is 21.4. The molecule has 1 fully saturated rings. The van der Waals surface area contributed by atoms with Crippen molar-refractivity contribution in [1.82, 2.24) is 24.5 Å². The molecule has 8 heteroatoms. The smallest absolute Gasteiger partial charge is 0.274 e. The Morgan fingerprint density at radius 3 is 3.06 bits per heavy atom. The number of hydrogen-bond acceptors (Lipinski definition) is 4. The predicted molar refractivity (Wildman–Crippen MR) is 118 cm³/mol. The van der Waals surface area contributed by atoms with Crippen LogP contribution in [-0.2, 0) is 6.61 Å². The fourth-order valence-electron chi connectivity index (χ4n) is 3.92. The predicted octanol–water partition coefficient (Wildman–Crippen LogP) is 4.23. The van der Waals surface area contributed by atoms with Crippen LogP contribution in [-0.4, -0.2) is 43.5 Å². The molecule has 0 saturated carbocycles. The number of aryl methyl sites for hydroxylation is 1. The molecule has 31 heavy (non-hydrogen) atoms. The molecule has 1 aliphatic rings. The molecule has 4 heterocycles. The van der Waals surface area contributed by atoms with Crippen molar-refractivity contribution < 1.29 is 9.53 Å². The van der Waals surface area contributed by atoms with E-state index in [-0.39, 0.29) is 11.8 Å². The van der Waals surface area contributed by atoms with Gasteiger partial charge in [-0.15, -0.1) is 0 Å². The largest absolute Gasteiger partial charge is 0.487 e. The maximum atomic E-state index is 13.0. The molecule has 0 unspecified atom stereocenters. The number of likely N-dealkylation sites (tertiary alicyclic amines) is 1. The van der Waals surface area contributed by atoms with E-state index in [0.29, 0.717) is 36.2 Å². The third-order valence-corrected chi connectivity index (χ3v) is 5.80. The van der Waals surface area contributed by atoms with Crippen LogP contribution in [0.15, 0.2) is 54.9 Å². The summed E-state index contributed by atoms with van der Waals surface area (Å²) in [5, 5.41) is 8.13. The summed E-state index contributed by atoms with van der Waals surface area (Å²) in [6, 6.07) is 13.3. The number of aromatic nitrogens is 4. The number of aromatic amines is 1. The first kappa shape index (κ1) is 19.6. The first-order valence-electron chi connectivity index (χ1n) is 10.2.